The molecule has 0 amide bonds. The molecule has 16 aromatic rings. The highest BCUT2D eigenvalue weighted by Crippen LogP contribution is 2.35. The molecule has 122 heavy (non-hydrogen) atoms. The number of β-amino-alcohol motifs (C(OH)–C–C–N with tert-alkyl or cyclic N) is 2. The molecule has 0 bridgehead atoms. The molecule has 0 spiro atoms. The van der Waals surface area contributed by atoms with Gasteiger partial charge in [-0.3, -0.25) is 34.6 Å². The van der Waals surface area contributed by atoms with Crippen LogP contribution in [0.5, 0.6) is 0 Å². The van der Waals surface area contributed by atoms with E-state index in [4.69, 9.17) is 27.9 Å². The molecule has 1 atom stereocenters. The fourth-order valence-electron chi connectivity index (χ4n) is 18.2. The van der Waals surface area contributed by atoms with Gasteiger partial charge in [-0.25, -0.2) is 19.2 Å². The fourth-order valence-corrected chi connectivity index (χ4v) is 18.2. The number of nitrogens with one attached hydrogen (secondary N) is 1. The van der Waals surface area contributed by atoms with Crippen LogP contribution in [0.25, 0.3) is 110 Å². The van der Waals surface area contributed by atoms with Gasteiger partial charge >= 0.3 is 22.5 Å². The maximum Gasteiger partial charge on any atom is 0.344 e. The maximum absolute atomic E-state index is 12.9. The minimum Gasteiger partial charge on any atom is -0.422 e. The number of benzene rings is 4. The summed E-state index contributed by atoms with van der Waals surface area (Å²) in [5, 5.41) is 25.3. The van der Waals surface area contributed by atoms with E-state index in [-0.39, 0.29) is 35.7 Å². The molecule has 26 nitrogen and oxygen atoms in total. The number of hydrogen-bond acceptors (Lipinski definition) is 22. The summed E-state index contributed by atoms with van der Waals surface area (Å²) in [5.74, 6) is 0. The molecule has 4 aromatic carbocycles. The third kappa shape index (κ3) is 17.0. The van der Waals surface area contributed by atoms with Crippen LogP contribution in [0.15, 0.2) is 214 Å². The quantitative estimate of drug-likeness (QED) is 0.0960. The molecule has 5 aliphatic rings. The van der Waals surface area contributed by atoms with Gasteiger partial charge in [-0.05, 0) is 178 Å². The van der Waals surface area contributed by atoms with Crippen LogP contribution in [-0.2, 0) is 0 Å². The first-order chi connectivity index (χ1) is 59.2. The van der Waals surface area contributed by atoms with Gasteiger partial charge in [0.1, 0.15) is 22.3 Å². The fraction of sp³-hybridized carbons (Fsp3) is 0.333. The minimum absolute atomic E-state index is 0.191. The lowest BCUT2D eigenvalue weighted by Crippen LogP contribution is -2.54. The van der Waals surface area contributed by atoms with Gasteiger partial charge in [-0.15, -0.1) is 0 Å². The Bertz CT molecular complexity index is 6870. The van der Waals surface area contributed by atoms with Crippen molar-refractivity contribution in [3.05, 3.63) is 259 Å². The molecular formula is C96H102N16O10. The molecule has 5 saturated heterocycles. The highest BCUT2D eigenvalue weighted by Gasteiger charge is 2.30. The van der Waals surface area contributed by atoms with E-state index in [2.05, 4.69) is 89.9 Å². The Morgan fingerprint density at radius 1 is 0.369 bits per heavy atom. The normalized spacial score (nSPS) is 16.4. The second-order valence-electron chi connectivity index (χ2n) is 33.1. The van der Waals surface area contributed by atoms with Gasteiger partial charge in [-0.1, -0.05) is 6.42 Å². The Labute approximate surface area is 704 Å². The van der Waals surface area contributed by atoms with Crippen molar-refractivity contribution >= 4 is 88.7 Å². The molecule has 3 N–H and O–H groups in total. The maximum atomic E-state index is 12.9. The second-order valence-corrected chi connectivity index (χ2v) is 33.1. The SMILES string of the molecule is Cc1cn2cc(-c3cc4ccc(N5CCCNCC5)cc4oc3=O)cc2c(C)n1.Cc1cn2cc(-c3cc4ccc(N5CCN(CCO)CC5)cc4oc3=O)cc2c(C)n1.Cc1cn2cc(-c3cc4ccc(N5CCN(CCO)CC5)cc4oc3=O)cc2cn1.Cc1cn2cc(-c3cc4ccc(N5CCN6CCCCC6C5)cc4oc3=O)cc2c(C)n1. The Hall–Kier alpha value is -12.6. The average molecular weight is 1640 g/mol. The number of piperidine rings is 1. The predicted octanol–water partition coefficient (Wildman–Crippen LogP) is 13.3. The first kappa shape index (κ1) is 80.5. The standard InChI is InChI=1S/C26H28N4O2.C24H26N4O3.C23H24N4O3.C23H24N4O2/c1-17-14-30-15-20(12-24(30)18(2)27-17)23-11-19-6-7-21(13-25(19)32-26(23)31)29-10-9-28-8-4-3-5-22(28)16-29;1-16-14-28-15-19(12-22(28)17(2)25-16)21-11-18-3-4-20(13-23(18)31-24(21)30)27-7-5-26(6-8-27)9-10-29;1-16-14-27-15-18(10-20(27)13-24-16)21-11-17-2-3-19(12-22(17)30-23(21)29)26-6-4-25(5-7-26)8-9-28;1-15-13-27-14-18(11-21(27)16(2)25-15)20-10-17-4-5-19(12-22(17)29-23(20)28)26-8-3-6-24-7-9-26/h6-7,11-15,22H,3-5,8-10,16H2,1-2H3;3-4,11-15,29H,5-10H2,1-2H3;2-3,10-15,28H,4-9H2,1H3;4-5,10-14,24H,3,6-9H2,1-2H3. The number of aromatic nitrogens is 8. The highest BCUT2D eigenvalue weighted by atomic mass is 16.4. The van der Waals surface area contributed by atoms with Crippen LogP contribution >= 0.6 is 0 Å². The van der Waals surface area contributed by atoms with Crippen molar-refractivity contribution in [1.29, 1.82) is 0 Å². The van der Waals surface area contributed by atoms with Gasteiger partial charge in [0.05, 0.1) is 104 Å². The molecule has 5 aliphatic heterocycles. The molecule has 1 unspecified atom stereocenters. The average Bonchev–Trinajstić information content (AvgIpc) is 1.51. The number of aryl methyl sites for hydroxylation is 7. The Balaban J connectivity index is 0.000000111. The third-order valence-electron chi connectivity index (χ3n) is 24.6. The van der Waals surface area contributed by atoms with E-state index in [1.807, 2.05) is 207 Å². The molecule has 5 fully saturated rings. The molecular weight excluding hydrogens is 1540 g/mol. The van der Waals surface area contributed by atoms with Crippen molar-refractivity contribution in [3.63, 3.8) is 0 Å². The number of piperazine rings is 3. The Kier molecular flexibility index (Phi) is 22.8. The zero-order valence-electron chi connectivity index (χ0n) is 70.2. The molecule has 0 saturated carbocycles. The van der Waals surface area contributed by atoms with Crippen LogP contribution < -0.4 is 47.4 Å². The topological polar surface area (TPSA) is 265 Å². The predicted molar refractivity (Wildman–Crippen MR) is 482 cm³/mol. The number of hydrogen-bond donors (Lipinski definition) is 3. The molecule has 626 valence electrons. The van der Waals surface area contributed by atoms with Crippen LogP contribution in [-0.4, -0.2) is 200 Å². The van der Waals surface area contributed by atoms with E-state index in [9.17, 15) is 19.2 Å². The minimum atomic E-state index is -0.340. The summed E-state index contributed by atoms with van der Waals surface area (Å²) < 4.78 is 31.0. The van der Waals surface area contributed by atoms with Gasteiger partial charge in [-0.2, -0.15) is 0 Å². The van der Waals surface area contributed by atoms with Crippen molar-refractivity contribution in [2.45, 2.75) is 80.2 Å². The molecule has 12 aromatic heterocycles. The summed E-state index contributed by atoms with van der Waals surface area (Å²) in [4.78, 5) is 85.7. The van der Waals surface area contributed by atoms with Gasteiger partial charge in [0.2, 0.25) is 0 Å². The molecule has 21 rings (SSSR count). The lowest BCUT2D eigenvalue weighted by atomic mass is 9.99. The first-order valence-corrected chi connectivity index (χ1v) is 42.5. The number of anilines is 4. The van der Waals surface area contributed by atoms with Gasteiger partial charge < -0.3 is 70.4 Å². The number of rotatable bonds is 12. The summed E-state index contributed by atoms with van der Waals surface area (Å²) in [6.45, 7) is 31.2. The zero-order valence-corrected chi connectivity index (χ0v) is 70.2. The second kappa shape index (κ2) is 34.5. The number of aliphatic hydroxyl groups excluding tert-OH is 2. The van der Waals surface area contributed by atoms with Crippen LogP contribution in [0, 0.1) is 48.5 Å². The summed E-state index contributed by atoms with van der Waals surface area (Å²) >= 11 is 0. The van der Waals surface area contributed by atoms with Gasteiger partial charge in [0.15, 0.2) is 0 Å². The molecule has 0 radical (unpaired) electrons. The first-order valence-electron chi connectivity index (χ1n) is 42.5. The van der Waals surface area contributed by atoms with E-state index in [0.717, 1.165) is 233 Å². The van der Waals surface area contributed by atoms with E-state index in [1.165, 1.54) is 25.8 Å². The largest absolute Gasteiger partial charge is 0.422 e. The van der Waals surface area contributed by atoms with Crippen LogP contribution in [0.1, 0.15) is 65.5 Å². The van der Waals surface area contributed by atoms with Crippen LogP contribution in [0.4, 0.5) is 22.7 Å². The van der Waals surface area contributed by atoms with Crippen LogP contribution in [0.3, 0.4) is 0 Å². The van der Waals surface area contributed by atoms with Gasteiger partial charge in [0, 0.05) is 251 Å². The molecule has 0 aliphatic carbocycles. The van der Waals surface area contributed by atoms with Gasteiger partial charge in [0.25, 0.3) is 0 Å². The number of fused-ring (bicyclic) bond motifs is 9. The number of aliphatic hydroxyl groups is 2. The Morgan fingerprint density at radius 2 is 0.746 bits per heavy atom. The summed E-state index contributed by atoms with van der Waals surface area (Å²) in [6, 6.07) is 40.8. The van der Waals surface area contributed by atoms with Crippen molar-refractivity contribution in [2.75, 3.05) is 151 Å². The van der Waals surface area contributed by atoms with E-state index in [0.29, 0.717) is 63.7 Å². The lowest BCUT2D eigenvalue weighted by molar-refractivity contribution is 0.133. The van der Waals surface area contributed by atoms with Crippen molar-refractivity contribution in [3.8, 4) is 44.5 Å². The van der Waals surface area contributed by atoms with Crippen molar-refractivity contribution in [1.82, 2.24) is 57.6 Å². The van der Waals surface area contributed by atoms with E-state index in [1.54, 1.807) is 6.20 Å². The summed E-state index contributed by atoms with van der Waals surface area (Å²) in [7, 11) is 0. The van der Waals surface area contributed by atoms with E-state index >= 15 is 0 Å². The molecule has 26 heteroatoms. The highest BCUT2D eigenvalue weighted by molar-refractivity contribution is 5.89. The monoisotopic (exact) mass is 1640 g/mol. The van der Waals surface area contributed by atoms with Crippen LogP contribution in [0.2, 0.25) is 0 Å². The smallest absolute Gasteiger partial charge is 0.344 e. The summed E-state index contributed by atoms with van der Waals surface area (Å²) in [6.07, 6.45) is 22.5. The third-order valence-corrected chi connectivity index (χ3v) is 24.6. The van der Waals surface area contributed by atoms with E-state index < -0.39 is 0 Å². The lowest BCUT2D eigenvalue weighted by Gasteiger charge is -2.44. The number of nitrogens with zero attached hydrogens (tertiary/aromatic N) is 15. The van der Waals surface area contributed by atoms with Crippen molar-refractivity contribution in [2.24, 2.45) is 0 Å². The Morgan fingerprint density at radius 3 is 1.16 bits per heavy atom. The zero-order chi connectivity index (χ0) is 84.0. The molecule has 17 heterocycles. The summed E-state index contributed by atoms with van der Waals surface area (Å²) in [5.41, 5.74) is 21.6. The van der Waals surface area contributed by atoms with Crippen molar-refractivity contribution < 1.29 is 27.9 Å².